The first-order valence-corrected chi connectivity index (χ1v) is 3.63. The Labute approximate surface area is 65.5 Å². The lowest BCUT2D eigenvalue weighted by Gasteiger charge is -2.25. The van der Waals surface area contributed by atoms with Crippen molar-refractivity contribution in [3.05, 3.63) is 0 Å². The number of ether oxygens (including phenoxy) is 1. The van der Waals surface area contributed by atoms with Crippen LogP contribution in [0, 0.1) is 0 Å². The molecule has 0 spiro atoms. The molecule has 0 amide bonds. The predicted molar refractivity (Wildman–Crippen MR) is 40.5 cm³/mol. The normalized spacial score (nSPS) is 38.2. The Morgan fingerprint density at radius 1 is 1.55 bits per heavy atom. The van der Waals surface area contributed by atoms with E-state index >= 15 is 0 Å². The molecule has 2 N–H and O–H groups in total. The summed E-state index contributed by atoms with van der Waals surface area (Å²) in [5, 5.41) is 18.5. The molecule has 0 fully saturated rings. The van der Waals surface area contributed by atoms with Gasteiger partial charge in [-0.05, 0) is 6.92 Å². The molecule has 1 rings (SSSR count). The zero-order valence-electron chi connectivity index (χ0n) is 6.69. The highest BCUT2D eigenvalue weighted by atomic mass is 16.5. The Balaban J connectivity index is 2.70. The number of methoxy groups -OCH3 is 1. The average Bonchev–Trinajstić information content (AvgIpc) is 1.97. The summed E-state index contributed by atoms with van der Waals surface area (Å²) in [5.41, 5.74) is 0. The molecule has 0 unspecified atom stereocenters. The molecule has 0 bridgehead atoms. The van der Waals surface area contributed by atoms with Gasteiger partial charge >= 0.3 is 0 Å². The number of hydrogen-bond acceptors (Lipinski definition) is 4. The van der Waals surface area contributed by atoms with Crippen LogP contribution >= 0.6 is 0 Å². The van der Waals surface area contributed by atoms with Gasteiger partial charge in [0.1, 0.15) is 6.10 Å². The smallest absolute Gasteiger partial charge is 0.213 e. The zero-order chi connectivity index (χ0) is 8.43. The van der Waals surface area contributed by atoms with Crippen molar-refractivity contribution in [1.29, 1.82) is 0 Å². The van der Waals surface area contributed by atoms with Crippen molar-refractivity contribution < 1.29 is 14.9 Å². The minimum Gasteiger partial charge on any atom is -0.482 e. The van der Waals surface area contributed by atoms with E-state index in [9.17, 15) is 10.2 Å². The minimum absolute atomic E-state index is 0.173. The average molecular weight is 159 g/mol. The summed E-state index contributed by atoms with van der Waals surface area (Å²) >= 11 is 0. The molecular weight excluding hydrogens is 146 g/mol. The van der Waals surface area contributed by atoms with Gasteiger partial charge in [-0.2, -0.15) is 0 Å². The zero-order valence-corrected chi connectivity index (χ0v) is 6.69. The van der Waals surface area contributed by atoms with Gasteiger partial charge in [0.15, 0.2) is 0 Å². The summed E-state index contributed by atoms with van der Waals surface area (Å²) < 4.78 is 4.81. The summed E-state index contributed by atoms with van der Waals surface area (Å²) in [6.07, 6.45) is -0.983. The lowest BCUT2D eigenvalue weighted by Crippen LogP contribution is -2.38. The molecule has 1 heterocycles. The van der Waals surface area contributed by atoms with Gasteiger partial charge in [-0.1, -0.05) is 0 Å². The molecule has 3 atom stereocenters. The first-order chi connectivity index (χ1) is 5.15. The van der Waals surface area contributed by atoms with Gasteiger partial charge in [-0.15, -0.1) is 0 Å². The molecule has 0 aliphatic carbocycles. The molecule has 0 radical (unpaired) electrons. The van der Waals surface area contributed by atoms with E-state index in [1.54, 1.807) is 6.92 Å². The SMILES string of the molecule is COC1=N[C@@H](C)[C@@H](O)C[C@@H]1O. The largest absolute Gasteiger partial charge is 0.482 e. The van der Waals surface area contributed by atoms with Crippen LogP contribution in [0.2, 0.25) is 0 Å². The third-order valence-corrected chi connectivity index (χ3v) is 1.85. The molecule has 1 aliphatic rings. The van der Waals surface area contributed by atoms with Crippen LogP contribution in [0.3, 0.4) is 0 Å². The predicted octanol–water partition coefficient (Wildman–Crippen LogP) is -0.455. The molecule has 1 aliphatic heterocycles. The van der Waals surface area contributed by atoms with Crippen LogP contribution in [0.15, 0.2) is 4.99 Å². The highest BCUT2D eigenvalue weighted by Gasteiger charge is 2.27. The van der Waals surface area contributed by atoms with Crippen LogP contribution in [-0.2, 0) is 4.74 Å². The number of aliphatic imine (C=N–C) groups is 1. The second kappa shape index (κ2) is 3.19. The number of nitrogens with zero attached hydrogens (tertiary/aromatic N) is 1. The standard InChI is InChI=1S/C7H13NO3/c1-4-5(9)3-6(10)7(8-4)11-2/h4-6,9-10H,3H2,1-2H3/t4-,5-,6-/m0/s1. The van der Waals surface area contributed by atoms with E-state index in [0.29, 0.717) is 12.3 Å². The van der Waals surface area contributed by atoms with Gasteiger partial charge in [0.05, 0.1) is 19.3 Å². The van der Waals surface area contributed by atoms with Crippen LogP contribution in [-0.4, -0.2) is 41.5 Å². The van der Waals surface area contributed by atoms with Crippen molar-refractivity contribution in [3.8, 4) is 0 Å². The van der Waals surface area contributed by atoms with Crippen molar-refractivity contribution in [1.82, 2.24) is 0 Å². The van der Waals surface area contributed by atoms with E-state index in [1.165, 1.54) is 7.11 Å². The maximum Gasteiger partial charge on any atom is 0.213 e. The number of rotatable bonds is 0. The summed E-state index contributed by atoms with van der Waals surface area (Å²) in [6.45, 7) is 1.79. The van der Waals surface area contributed by atoms with Gasteiger partial charge in [0.25, 0.3) is 0 Å². The van der Waals surface area contributed by atoms with Crippen LogP contribution in [0.5, 0.6) is 0 Å². The van der Waals surface area contributed by atoms with Crippen LogP contribution in [0.1, 0.15) is 13.3 Å². The van der Waals surface area contributed by atoms with Gasteiger partial charge in [-0.25, -0.2) is 4.99 Å². The summed E-state index contributed by atoms with van der Waals surface area (Å²) in [7, 11) is 1.46. The topological polar surface area (TPSA) is 62.0 Å². The Morgan fingerprint density at radius 2 is 2.18 bits per heavy atom. The first kappa shape index (κ1) is 8.49. The quantitative estimate of drug-likeness (QED) is 0.503. The summed E-state index contributed by atoms with van der Waals surface area (Å²) in [5.74, 6) is 0.322. The van der Waals surface area contributed by atoms with Crippen molar-refractivity contribution >= 4 is 5.90 Å². The minimum atomic E-state index is -0.744. The molecule has 0 aromatic heterocycles. The third kappa shape index (κ3) is 1.70. The van der Waals surface area contributed by atoms with E-state index in [-0.39, 0.29) is 6.04 Å². The van der Waals surface area contributed by atoms with E-state index in [4.69, 9.17) is 4.74 Å². The van der Waals surface area contributed by atoms with E-state index in [0.717, 1.165) is 0 Å². The van der Waals surface area contributed by atoms with Crippen molar-refractivity contribution in [3.63, 3.8) is 0 Å². The molecule has 0 saturated carbocycles. The summed E-state index contributed by atoms with van der Waals surface area (Å²) in [4.78, 5) is 3.96. The molecule has 4 heteroatoms. The van der Waals surface area contributed by atoms with Gasteiger partial charge in [0.2, 0.25) is 5.90 Å². The maximum absolute atomic E-state index is 9.24. The first-order valence-electron chi connectivity index (χ1n) is 3.63. The van der Waals surface area contributed by atoms with Crippen molar-refractivity contribution in [2.45, 2.75) is 31.6 Å². The fourth-order valence-electron chi connectivity index (χ4n) is 1.09. The second-order valence-electron chi connectivity index (χ2n) is 2.73. The Bertz CT molecular complexity index is 169. The third-order valence-electron chi connectivity index (χ3n) is 1.85. The molecule has 64 valence electrons. The lowest BCUT2D eigenvalue weighted by molar-refractivity contribution is 0.0728. The number of hydrogen-bond donors (Lipinski definition) is 2. The van der Waals surface area contributed by atoms with Crippen LogP contribution in [0.4, 0.5) is 0 Å². The Kier molecular flexibility index (Phi) is 2.46. The lowest BCUT2D eigenvalue weighted by atomic mass is 10.0. The molecular formula is C7H13NO3. The fraction of sp³-hybridized carbons (Fsp3) is 0.857. The monoisotopic (exact) mass is 159 g/mol. The Hall–Kier alpha value is -0.610. The van der Waals surface area contributed by atoms with E-state index < -0.39 is 12.2 Å². The second-order valence-corrected chi connectivity index (χ2v) is 2.73. The molecule has 0 aromatic rings. The van der Waals surface area contributed by atoms with Gasteiger partial charge in [-0.3, -0.25) is 0 Å². The van der Waals surface area contributed by atoms with Crippen molar-refractivity contribution in [2.75, 3.05) is 7.11 Å². The number of aliphatic hydroxyl groups is 2. The van der Waals surface area contributed by atoms with E-state index in [1.807, 2.05) is 0 Å². The number of aliphatic hydroxyl groups excluding tert-OH is 2. The molecule has 11 heavy (non-hydrogen) atoms. The van der Waals surface area contributed by atoms with Crippen LogP contribution < -0.4 is 0 Å². The molecule has 4 nitrogen and oxygen atoms in total. The maximum atomic E-state index is 9.24. The summed E-state index contributed by atoms with van der Waals surface area (Å²) in [6, 6.07) is -0.173. The highest BCUT2D eigenvalue weighted by molar-refractivity contribution is 5.81. The molecule has 0 aromatic carbocycles. The van der Waals surface area contributed by atoms with Crippen LogP contribution in [0.25, 0.3) is 0 Å². The fourth-order valence-corrected chi connectivity index (χ4v) is 1.09. The van der Waals surface area contributed by atoms with Gasteiger partial charge < -0.3 is 14.9 Å². The molecule has 0 saturated heterocycles. The highest BCUT2D eigenvalue weighted by Crippen LogP contribution is 2.14. The Morgan fingerprint density at radius 3 is 2.73 bits per heavy atom. The van der Waals surface area contributed by atoms with E-state index in [2.05, 4.69) is 4.99 Å². The van der Waals surface area contributed by atoms with Crippen molar-refractivity contribution in [2.24, 2.45) is 4.99 Å². The van der Waals surface area contributed by atoms with Gasteiger partial charge in [0, 0.05) is 6.42 Å².